The molecule has 6 heteroatoms. The summed E-state index contributed by atoms with van der Waals surface area (Å²) in [6, 6.07) is 9.83. The van der Waals surface area contributed by atoms with Gasteiger partial charge in [-0.1, -0.05) is 0 Å². The largest absolute Gasteiger partial charge is 0.338 e. The molecule has 0 aliphatic heterocycles. The lowest BCUT2D eigenvalue weighted by Gasteiger charge is -2.07. The van der Waals surface area contributed by atoms with Crippen LogP contribution in [0.25, 0.3) is 10.9 Å². The lowest BCUT2D eigenvalue weighted by Crippen LogP contribution is -2.01. The SMILES string of the molecule is N#Cc1cc(C2CC2)nnc1Nc1ccc2[nH]ncc2c1. The van der Waals surface area contributed by atoms with E-state index in [0.717, 1.165) is 35.1 Å². The molecule has 0 atom stereocenters. The molecule has 102 valence electrons. The number of benzene rings is 1. The van der Waals surface area contributed by atoms with E-state index < -0.39 is 0 Å². The zero-order valence-corrected chi connectivity index (χ0v) is 11.2. The second kappa shape index (κ2) is 4.56. The molecule has 3 aromatic rings. The van der Waals surface area contributed by atoms with Crippen LogP contribution in [-0.4, -0.2) is 20.4 Å². The topological polar surface area (TPSA) is 90.3 Å². The van der Waals surface area contributed by atoms with Crippen molar-refractivity contribution in [3.63, 3.8) is 0 Å². The number of hydrogen-bond acceptors (Lipinski definition) is 5. The van der Waals surface area contributed by atoms with Gasteiger partial charge >= 0.3 is 0 Å². The van der Waals surface area contributed by atoms with E-state index >= 15 is 0 Å². The fourth-order valence-electron chi connectivity index (χ4n) is 2.32. The summed E-state index contributed by atoms with van der Waals surface area (Å²) in [5.74, 6) is 0.977. The highest BCUT2D eigenvalue weighted by Gasteiger charge is 2.26. The van der Waals surface area contributed by atoms with Crippen molar-refractivity contribution in [1.29, 1.82) is 5.26 Å². The first-order valence-corrected chi connectivity index (χ1v) is 6.81. The highest BCUT2D eigenvalue weighted by molar-refractivity contribution is 5.82. The summed E-state index contributed by atoms with van der Waals surface area (Å²) in [6.07, 6.45) is 4.04. The summed E-state index contributed by atoms with van der Waals surface area (Å²) in [4.78, 5) is 0. The van der Waals surface area contributed by atoms with E-state index in [2.05, 4.69) is 31.8 Å². The highest BCUT2D eigenvalue weighted by Crippen LogP contribution is 2.39. The van der Waals surface area contributed by atoms with Gasteiger partial charge in [-0.3, -0.25) is 5.10 Å². The van der Waals surface area contributed by atoms with Crippen molar-refractivity contribution in [3.05, 3.63) is 41.7 Å². The molecule has 0 radical (unpaired) electrons. The molecular formula is C15H12N6. The molecular weight excluding hydrogens is 264 g/mol. The smallest absolute Gasteiger partial charge is 0.171 e. The van der Waals surface area contributed by atoms with E-state index in [-0.39, 0.29) is 0 Å². The number of nitriles is 1. The molecule has 2 N–H and O–H groups in total. The fraction of sp³-hybridized carbons (Fsp3) is 0.200. The lowest BCUT2D eigenvalue weighted by molar-refractivity contribution is 0.911. The normalized spacial score (nSPS) is 14.0. The number of H-pyrrole nitrogens is 1. The van der Waals surface area contributed by atoms with Gasteiger partial charge in [0.25, 0.3) is 0 Å². The minimum absolute atomic E-state index is 0.487. The molecule has 1 aliphatic rings. The van der Waals surface area contributed by atoms with Gasteiger partial charge in [0, 0.05) is 17.0 Å². The Kier molecular flexibility index (Phi) is 2.57. The van der Waals surface area contributed by atoms with Crippen LogP contribution in [0.5, 0.6) is 0 Å². The van der Waals surface area contributed by atoms with Gasteiger partial charge in [0.2, 0.25) is 0 Å². The second-order valence-corrected chi connectivity index (χ2v) is 5.21. The van der Waals surface area contributed by atoms with Gasteiger partial charge in [0.1, 0.15) is 6.07 Å². The predicted molar refractivity (Wildman–Crippen MR) is 78.1 cm³/mol. The minimum atomic E-state index is 0.487. The summed E-state index contributed by atoms with van der Waals surface area (Å²) in [6.45, 7) is 0. The van der Waals surface area contributed by atoms with Gasteiger partial charge < -0.3 is 5.32 Å². The maximum absolute atomic E-state index is 9.29. The quantitative estimate of drug-likeness (QED) is 0.767. The van der Waals surface area contributed by atoms with Gasteiger partial charge in [-0.05, 0) is 37.1 Å². The van der Waals surface area contributed by atoms with Crippen LogP contribution in [0.2, 0.25) is 0 Å². The Morgan fingerprint density at radius 2 is 2.14 bits per heavy atom. The molecule has 0 bridgehead atoms. The monoisotopic (exact) mass is 276 g/mol. The van der Waals surface area contributed by atoms with Gasteiger partial charge in [-0.15, -0.1) is 5.10 Å². The molecule has 2 heterocycles. The minimum Gasteiger partial charge on any atom is -0.338 e. The molecule has 0 spiro atoms. The molecule has 0 amide bonds. The average molecular weight is 276 g/mol. The number of rotatable bonds is 3. The molecule has 1 aliphatic carbocycles. The van der Waals surface area contributed by atoms with Gasteiger partial charge in [-0.2, -0.15) is 15.5 Å². The van der Waals surface area contributed by atoms with E-state index in [1.54, 1.807) is 6.20 Å². The third kappa shape index (κ3) is 2.19. The van der Waals surface area contributed by atoms with Crippen LogP contribution in [0.4, 0.5) is 11.5 Å². The van der Waals surface area contributed by atoms with Crippen LogP contribution in [0, 0.1) is 11.3 Å². The Morgan fingerprint density at radius 1 is 1.24 bits per heavy atom. The Bertz CT molecular complexity index is 856. The van der Waals surface area contributed by atoms with E-state index in [4.69, 9.17) is 0 Å². The Morgan fingerprint density at radius 3 is 2.95 bits per heavy atom. The molecule has 21 heavy (non-hydrogen) atoms. The summed E-state index contributed by atoms with van der Waals surface area (Å²) in [5, 5.41) is 28.7. The molecule has 1 fully saturated rings. The number of hydrogen-bond donors (Lipinski definition) is 2. The highest BCUT2D eigenvalue weighted by atomic mass is 15.2. The van der Waals surface area contributed by atoms with Crippen molar-refractivity contribution >= 4 is 22.4 Å². The third-order valence-electron chi connectivity index (χ3n) is 3.63. The summed E-state index contributed by atoms with van der Waals surface area (Å²) < 4.78 is 0. The van der Waals surface area contributed by atoms with Gasteiger partial charge in [0.15, 0.2) is 5.82 Å². The summed E-state index contributed by atoms with van der Waals surface area (Å²) in [5.41, 5.74) is 3.27. The van der Waals surface area contributed by atoms with Crippen LogP contribution in [0.3, 0.4) is 0 Å². The zero-order valence-electron chi connectivity index (χ0n) is 11.2. The summed E-state index contributed by atoms with van der Waals surface area (Å²) in [7, 11) is 0. The van der Waals surface area contributed by atoms with Crippen molar-refractivity contribution in [3.8, 4) is 6.07 Å². The number of nitrogens with one attached hydrogen (secondary N) is 2. The van der Waals surface area contributed by atoms with Gasteiger partial charge in [0.05, 0.1) is 23.0 Å². The van der Waals surface area contributed by atoms with E-state index in [1.807, 2.05) is 24.3 Å². The maximum Gasteiger partial charge on any atom is 0.171 e. The molecule has 2 aromatic heterocycles. The van der Waals surface area contributed by atoms with Crippen molar-refractivity contribution in [2.45, 2.75) is 18.8 Å². The third-order valence-corrected chi connectivity index (χ3v) is 3.63. The first kappa shape index (κ1) is 11.9. The van der Waals surface area contributed by atoms with E-state index in [0.29, 0.717) is 17.3 Å². The lowest BCUT2D eigenvalue weighted by atomic mass is 10.2. The Labute approximate surface area is 120 Å². The van der Waals surface area contributed by atoms with Gasteiger partial charge in [-0.25, -0.2) is 0 Å². The predicted octanol–water partition coefficient (Wildman–Crippen LogP) is 2.85. The number of fused-ring (bicyclic) bond motifs is 1. The number of anilines is 2. The van der Waals surface area contributed by atoms with Crippen LogP contribution in [0.1, 0.15) is 30.0 Å². The number of nitrogens with zero attached hydrogens (tertiary/aromatic N) is 4. The fourth-order valence-corrected chi connectivity index (χ4v) is 2.32. The van der Waals surface area contributed by atoms with Crippen LogP contribution in [0.15, 0.2) is 30.5 Å². The second-order valence-electron chi connectivity index (χ2n) is 5.21. The molecule has 4 rings (SSSR count). The van der Waals surface area contributed by atoms with Crippen molar-refractivity contribution in [2.24, 2.45) is 0 Å². The first-order valence-electron chi connectivity index (χ1n) is 6.81. The van der Waals surface area contributed by atoms with Crippen molar-refractivity contribution in [1.82, 2.24) is 20.4 Å². The molecule has 0 saturated heterocycles. The molecule has 1 aromatic carbocycles. The number of aromatic nitrogens is 4. The standard InChI is InChI=1S/C15H12N6/c16-7-10-6-14(9-1-2-9)20-21-15(10)18-12-3-4-13-11(5-12)8-17-19-13/h3-6,8-9H,1-2H2,(H,17,19)(H,18,21). The van der Waals surface area contributed by atoms with Crippen LogP contribution in [-0.2, 0) is 0 Å². The molecule has 1 saturated carbocycles. The zero-order chi connectivity index (χ0) is 14.2. The summed E-state index contributed by atoms with van der Waals surface area (Å²) >= 11 is 0. The first-order chi connectivity index (χ1) is 10.3. The van der Waals surface area contributed by atoms with Crippen molar-refractivity contribution < 1.29 is 0 Å². The van der Waals surface area contributed by atoms with Crippen LogP contribution >= 0.6 is 0 Å². The molecule has 0 unspecified atom stereocenters. The Balaban J connectivity index is 1.67. The van der Waals surface area contributed by atoms with Crippen molar-refractivity contribution in [2.75, 3.05) is 5.32 Å². The molecule has 6 nitrogen and oxygen atoms in total. The van der Waals surface area contributed by atoms with Crippen LogP contribution < -0.4 is 5.32 Å². The van der Waals surface area contributed by atoms with E-state index in [1.165, 1.54) is 0 Å². The Hall–Kier alpha value is -2.94. The average Bonchev–Trinajstić information content (AvgIpc) is 3.26. The number of aromatic amines is 1. The van der Waals surface area contributed by atoms with E-state index in [9.17, 15) is 5.26 Å². The maximum atomic E-state index is 9.29.